The molecule has 0 saturated heterocycles. The molecule has 0 spiro atoms. The van der Waals surface area contributed by atoms with E-state index in [1.54, 1.807) is 22.9 Å². The predicted molar refractivity (Wildman–Crippen MR) is 48.9 cm³/mol. The molecule has 3 rings (SSSR count). The van der Waals surface area contributed by atoms with Crippen LogP contribution in [-0.4, -0.2) is 24.3 Å². The van der Waals surface area contributed by atoms with Crippen LogP contribution in [0.25, 0.3) is 16.9 Å². The first-order valence-corrected chi connectivity index (χ1v) is 4.03. The van der Waals surface area contributed by atoms with Crippen LogP contribution in [0, 0.1) is 0 Å². The molecule has 68 valence electrons. The minimum atomic E-state index is -0.361. The summed E-state index contributed by atoms with van der Waals surface area (Å²) in [4.78, 5) is 25.9. The first kappa shape index (κ1) is 7.19. The Kier molecular flexibility index (Phi) is 1.22. The third-order valence-corrected chi connectivity index (χ3v) is 1.99. The van der Waals surface area contributed by atoms with Gasteiger partial charge in [-0.15, -0.1) is 0 Å². The molecule has 14 heavy (non-hydrogen) atoms. The van der Waals surface area contributed by atoms with E-state index in [9.17, 15) is 4.79 Å². The lowest BCUT2D eigenvalue weighted by atomic mass is 10.5. The topological polar surface area (TPSA) is 75.9 Å². The second kappa shape index (κ2) is 2.38. The zero-order valence-corrected chi connectivity index (χ0v) is 7.01. The third-order valence-electron chi connectivity index (χ3n) is 1.99. The first-order chi connectivity index (χ1) is 6.86. The quantitative estimate of drug-likeness (QED) is 0.536. The second-order valence-electron chi connectivity index (χ2n) is 2.81. The van der Waals surface area contributed by atoms with Crippen LogP contribution < -0.4 is 5.56 Å². The molecule has 0 aliphatic heterocycles. The molecule has 0 unspecified atom stereocenters. The van der Waals surface area contributed by atoms with Gasteiger partial charge < -0.3 is 4.98 Å². The molecule has 0 saturated carbocycles. The van der Waals surface area contributed by atoms with Crippen LogP contribution in [-0.2, 0) is 0 Å². The van der Waals surface area contributed by atoms with Crippen LogP contribution >= 0.6 is 0 Å². The Hall–Kier alpha value is -2.24. The lowest BCUT2D eigenvalue weighted by Gasteiger charge is -1.97. The molecule has 3 aromatic rings. The summed E-state index contributed by atoms with van der Waals surface area (Å²) in [5.74, 6) is 0.370. The molecule has 0 atom stereocenters. The number of aromatic nitrogens is 5. The van der Waals surface area contributed by atoms with Crippen LogP contribution in [0.3, 0.4) is 0 Å². The van der Waals surface area contributed by atoms with Crippen LogP contribution in [0.4, 0.5) is 0 Å². The van der Waals surface area contributed by atoms with Crippen molar-refractivity contribution in [3.8, 4) is 0 Å². The Morgan fingerprint density at radius 2 is 2.29 bits per heavy atom. The average Bonchev–Trinajstić information content (AvgIpc) is 2.67. The highest BCUT2D eigenvalue weighted by Crippen LogP contribution is 2.03. The molecule has 0 amide bonds. The van der Waals surface area contributed by atoms with E-state index in [1.165, 1.54) is 6.33 Å². The van der Waals surface area contributed by atoms with Crippen LogP contribution in [0.1, 0.15) is 0 Å². The van der Waals surface area contributed by atoms with Gasteiger partial charge in [0.25, 0.3) is 0 Å². The fourth-order valence-corrected chi connectivity index (χ4v) is 1.39. The lowest BCUT2D eigenvalue weighted by molar-refractivity contribution is 1.05. The van der Waals surface area contributed by atoms with Crippen molar-refractivity contribution in [2.75, 3.05) is 0 Å². The fraction of sp³-hybridized carbons (Fsp3) is 0. The number of rotatable bonds is 0. The minimum Gasteiger partial charge on any atom is -0.330 e. The number of imidazole rings is 1. The molecule has 1 N–H and O–H groups in total. The Balaban J connectivity index is 2.73. The largest absolute Gasteiger partial charge is 0.330 e. The van der Waals surface area contributed by atoms with Crippen molar-refractivity contribution in [2.45, 2.75) is 0 Å². The summed E-state index contributed by atoms with van der Waals surface area (Å²) in [6.45, 7) is 0. The van der Waals surface area contributed by atoms with Crippen LogP contribution in [0.5, 0.6) is 0 Å². The maximum Gasteiger partial charge on any atom is 0.302 e. The molecule has 6 heteroatoms. The van der Waals surface area contributed by atoms with Crippen molar-refractivity contribution in [2.24, 2.45) is 0 Å². The van der Waals surface area contributed by atoms with Gasteiger partial charge in [0.2, 0.25) is 5.78 Å². The lowest BCUT2D eigenvalue weighted by Crippen LogP contribution is -2.11. The SMILES string of the molecule is O=c1nc2ncccn2c2[nH]cnc12. The van der Waals surface area contributed by atoms with Gasteiger partial charge in [-0.05, 0) is 6.07 Å². The Bertz CT molecular complexity index is 668. The van der Waals surface area contributed by atoms with Gasteiger partial charge in [0.1, 0.15) is 5.65 Å². The van der Waals surface area contributed by atoms with Gasteiger partial charge in [-0.2, -0.15) is 4.98 Å². The molecule has 0 aromatic carbocycles. The van der Waals surface area contributed by atoms with E-state index < -0.39 is 0 Å². The Morgan fingerprint density at radius 1 is 1.36 bits per heavy atom. The van der Waals surface area contributed by atoms with Gasteiger partial charge in [0, 0.05) is 12.4 Å². The van der Waals surface area contributed by atoms with Crippen molar-refractivity contribution in [3.63, 3.8) is 0 Å². The van der Waals surface area contributed by atoms with Gasteiger partial charge in [0.15, 0.2) is 5.52 Å². The minimum absolute atomic E-state index is 0.329. The third kappa shape index (κ3) is 0.792. The number of hydrogen-bond donors (Lipinski definition) is 1. The summed E-state index contributed by atoms with van der Waals surface area (Å²) in [6.07, 6.45) is 4.83. The number of aromatic amines is 1. The van der Waals surface area contributed by atoms with E-state index in [4.69, 9.17) is 0 Å². The van der Waals surface area contributed by atoms with Gasteiger partial charge in [-0.1, -0.05) is 0 Å². The number of hydrogen-bond acceptors (Lipinski definition) is 4. The molecule has 0 aliphatic carbocycles. The molecule has 0 aliphatic rings. The Morgan fingerprint density at radius 3 is 3.21 bits per heavy atom. The van der Waals surface area contributed by atoms with Crippen molar-refractivity contribution in [1.82, 2.24) is 24.3 Å². The second-order valence-corrected chi connectivity index (χ2v) is 2.81. The van der Waals surface area contributed by atoms with Gasteiger partial charge >= 0.3 is 5.56 Å². The van der Waals surface area contributed by atoms with Gasteiger partial charge in [0.05, 0.1) is 6.33 Å². The molecular weight excluding hydrogens is 182 g/mol. The van der Waals surface area contributed by atoms with Crippen molar-refractivity contribution in [1.29, 1.82) is 0 Å². The number of nitrogens with one attached hydrogen (secondary N) is 1. The average molecular weight is 187 g/mol. The molecule has 0 radical (unpaired) electrons. The molecule has 0 bridgehead atoms. The highest BCUT2D eigenvalue weighted by atomic mass is 16.1. The molecule has 3 aromatic heterocycles. The zero-order chi connectivity index (χ0) is 9.54. The summed E-state index contributed by atoms with van der Waals surface area (Å²) < 4.78 is 1.68. The fourth-order valence-electron chi connectivity index (χ4n) is 1.39. The highest BCUT2D eigenvalue weighted by molar-refractivity contribution is 5.71. The smallest absolute Gasteiger partial charge is 0.302 e. The normalized spacial score (nSPS) is 11.1. The van der Waals surface area contributed by atoms with Crippen molar-refractivity contribution >= 4 is 16.9 Å². The maximum absolute atomic E-state index is 11.4. The summed E-state index contributed by atoms with van der Waals surface area (Å²) in [7, 11) is 0. The molecule has 6 nitrogen and oxygen atoms in total. The molecule has 0 fully saturated rings. The summed E-state index contributed by atoms with van der Waals surface area (Å²) in [6, 6.07) is 1.76. The number of fused-ring (bicyclic) bond motifs is 3. The van der Waals surface area contributed by atoms with E-state index in [1.807, 2.05) is 0 Å². The Labute approximate surface area is 77.3 Å². The van der Waals surface area contributed by atoms with Crippen LogP contribution in [0.15, 0.2) is 29.6 Å². The van der Waals surface area contributed by atoms with Crippen molar-refractivity contribution in [3.05, 3.63) is 35.1 Å². The van der Waals surface area contributed by atoms with Gasteiger partial charge in [-0.3, -0.25) is 9.20 Å². The summed E-state index contributed by atoms with van der Waals surface area (Å²) in [5, 5.41) is 0. The monoisotopic (exact) mass is 187 g/mol. The standard InChI is InChI=1S/C8H5N5O/c14-7-5-6(11-4-10-5)13-3-1-2-9-8(13)12-7/h1-4H,(H,10,11). The first-order valence-electron chi connectivity index (χ1n) is 4.03. The molecule has 3 heterocycles. The van der Waals surface area contributed by atoms with E-state index in [-0.39, 0.29) is 5.56 Å². The maximum atomic E-state index is 11.4. The number of H-pyrrole nitrogens is 1. The van der Waals surface area contributed by atoms with Crippen molar-refractivity contribution < 1.29 is 0 Å². The van der Waals surface area contributed by atoms with E-state index >= 15 is 0 Å². The summed E-state index contributed by atoms with van der Waals surface area (Å²) in [5.41, 5.74) is 0.587. The molecular formula is C8H5N5O. The highest BCUT2D eigenvalue weighted by Gasteiger charge is 2.06. The van der Waals surface area contributed by atoms with Gasteiger partial charge in [-0.25, -0.2) is 9.97 Å². The van der Waals surface area contributed by atoms with E-state index in [0.717, 1.165) is 0 Å². The zero-order valence-electron chi connectivity index (χ0n) is 7.01. The number of nitrogens with zero attached hydrogens (tertiary/aromatic N) is 4. The summed E-state index contributed by atoms with van der Waals surface area (Å²) >= 11 is 0. The predicted octanol–water partition coefficient (Wildman–Crippen LogP) is -0.0342. The van der Waals surface area contributed by atoms with Crippen LogP contribution in [0.2, 0.25) is 0 Å². The van der Waals surface area contributed by atoms with E-state index in [0.29, 0.717) is 16.9 Å². The van der Waals surface area contributed by atoms with E-state index in [2.05, 4.69) is 19.9 Å².